The first-order chi connectivity index (χ1) is 13.2. The molecule has 2 saturated heterocycles. The Bertz CT molecular complexity index is 974. The molecule has 1 aromatic heterocycles. The monoisotopic (exact) mass is 360 g/mol. The number of para-hydroxylation sites is 3. The molecule has 2 aromatic carbocycles. The quantitative estimate of drug-likeness (QED) is 0.780. The molecule has 0 aliphatic carbocycles. The van der Waals surface area contributed by atoms with Crippen molar-refractivity contribution in [3.05, 3.63) is 60.4 Å². The number of carbonyl (C=O) groups is 2. The summed E-state index contributed by atoms with van der Waals surface area (Å²) in [7, 11) is 0. The van der Waals surface area contributed by atoms with Gasteiger partial charge in [-0.25, -0.2) is 4.98 Å². The van der Waals surface area contributed by atoms with Crippen LogP contribution in [-0.2, 0) is 9.59 Å². The summed E-state index contributed by atoms with van der Waals surface area (Å²) in [6, 6.07) is 17.5. The number of likely N-dealkylation sites (tertiary alicyclic amines) is 1. The van der Waals surface area contributed by atoms with Crippen molar-refractivity contribution in [1.82, 2.24) is 14.9 Å². The van der Waals surface area contributed by atoms with Crippen molar-refractivity contribution in [2.75, 3.05) is 24.5 Å². The van der Waals surface area contributed by atoms with Crippen molar-refractivity contribution < 1.29 is 9.59 Å². The summed E-state index contributed by atoms with van der Waals surface area (Å²) in [5.74, 6) is 1.02. The summed E-state index contributed by atoms with van der Waals surface area (Å²) in [5.41, 5.74) is 2.84. The second-order valence-corrected chi connectivity index (χ2v) is 7.32. The van der Waals surface area contributed by atoms with Crippen LogP contribution >= 0.6 is 0 Å². The van der Waals surface area contributed by atoms with Gasteiger partial charge in [-0.15, -0.1) is 0 Å². The van der Waals surface area contributed by atoms with Crippen molar-refractivity contribution in [2.24, 2.45) is 5.92 Å². The lowest BCUT2D eigenvalue weighted by Crippen LogP contribution is -2.51. The minimum atomic E-state index is -0.255. The largest absolute Gasteiger partial charge is 0.342 e. The van der Waals surface area contributed by atoms with Crippen LogP contribution in [0.3, 0.4) is 0 Å². The maximum Gasteiger partial charge on any atom is 0.228 e. The Labute approximate surface area is 156 Å². The van der Waals surface area contributed by atoms with Gasteiger partial charge in [0.15, 0.2) is 0 Å². The predicted octanol–water partition coefficient (Wildman–Crippen LogP) is 2.54. The van der Waals surface area contributed by atoms with E-state index in [-0.39, 0.29) is 23.7 Å². The number of benzene rings is 2. The Morgan fingerprint density at radius 1 is 1.00 bits per heavy atom. The topological polar surface area (TPSA) is 69.3 Å². The molecule has 2 aliphatic rings. The van der Waals surface area contributed by atoms with E-state index < -0.39 is 0 Å². The van der Waals surface area contributed by atoms with E-state index in [1.165, 1.54) is 0 Å². The molecule has 0 radical (unpaired) electrons. The van der Waals surface area contributed by atoms with Gasteiger partial charge in [-0.1, -0.05) is 30.3 Å². The van der Waals surface area contributed by atoms with Crippen LogP contribution in [0.4, 0.5) is 5.69 Å². The summed E-state index contributed by atoms with van der Waals surface area (Å²) >= 11 is 0. The number of imidazole rings is 1. The lowest BCUT2D eigenvalue weighted by Gasteiger charge is -2.39. The number of aromatic nitrogens is 2. The number of hydrogen-bond acceptors (Lipinski definition) is 3. The van der Waals surface area contributed by atoms with Crippen LogP contribution in [0.1, 0.15) is 18.2 Å². The fourth-order valence-corrected chi connectivity index (χ4v) is 3.99. The first-order valence-electron chi connectivity index (χ1n) is 9.28. The summed E-state index contributed by atoms with van der Waals surface area (Å²) in [6.45, 7) is 1.79. The number of nitrogens with zero attached hydrogens (tertiary/aromatic N) is 3. The van der Waals surface area contributed by atoms with Gasteiger partial charge in [-0.05, 0) is 24.3 Å². The van der Waals surface area contributed by atoms with Gasteiger partial charge in [0, 0.05) is 31.7 Å². The zero-order chi connectivity index (χ0) is 18.4. The predicted molar refractivity (Wildman–Crippen MR) is 102 cm³/mol. The van der Waals surface area contributed by atoms with Crippen LogP contribution in [0, 0.1) is 5.92 Å². The normalized spacial score (nSPS) is 20.3. The lowest BCUT2D eigenvalue weighted by atomic mass is 9.96. The van der Waals surface area contributed by atoms with Gasteiger partial charge in [0.25, 0.3) is 0 Å². The number of rotatable bonds is 3. The fourth-order valence-electron chi connectivity index (χ4n) is 3.99. The minimum absolute atomic E-state index is 0.0221. The molecule has 27 heavy (non-hydrogen) atoms. The van der Waals surface area contributed by atoms with Crippen LogP contribution in [-0.4, -0.2) is 46.3 Å². The van der Waals surface area contributed by atoms with Gasteiger partial charge in [0.05, 0.1) is 22.9 Å². The Balaban J connectivity index is 1.23. The molecule has 6 nitrogen and oxygen atoms in total. The number of H-pyrrole nitrogens is 1. The molecule has 1 unspecified atom stereocenters. The van der Waals surface area contributed by atoms with Crippen LogP contribution in [0.5, 0.6) is 0 Å². The second-order valence-electron chi connectivity index (χ2n) is 7.32. The van der Waals surface area contributed by atoms with Gasteiger partial charge in [-0.2, -0.15) is 0 Å². The average Bonchev–Trinajstić information content (AvgIpc) is 3.24. The van der Waals surface area contributed by atoms with Gasteiger partial charge in [0.1, 0.15) is 5.82 Å². The van der Waals surface area contributed by atoms with Crippen molar-refractivity contribution in [3.8, 4) is 0 Å². The average molecular weight is 360 g/mol. The maximum atomic E-state index is 12.8. The molecule has 1 atom stereocenters. The smallest absolute Gasteiger partial charge is 0.228 e. The van der Waals surface area contributed by atoms with Gasteiger partial charge < -0.3 is 14.8 Å². The molecule has 2 aliphatic heterocycles. The third-order valence-electron chi connectivity index (χ3n) is 5.53. The van der Waals surface area contributed by atoms with E-state index >= 15 is 0 Å². The Morgan fingerprint density at radius 3 is 2.52 bits per heavy atom. The minimum Gasteiger partial charge on any atom is -0.342 e. The fraction of sp³-hybridized carbons (Fsp3) is 0.286. The van der Waals surface area contributed by atoms with Gasteiger partial charge in [0.2, 0.25) is 11.8 Å². The molecular weight excluding hydrogens is 340 g/mol. The summed E-state index contributed by atoms with van der Waals surface area (Å²) in [5, 5.41) is 0. The highest BCUT2D eigenvalue weighted by Crippen LogP contribution is 2.31. The second kappa shape index (κ2) is 6.23. The highest BCUT2D eigenvalue weighted by molar-refractivity contribution is 6.00. The van der Waals surface area contributed by atoms with E-state index in [4.69, 9.17) is 0 Å². The lowest BCUT2D eigenvalue weighted by molar-refractivity contribution is -0.140. The maximum absolute atomic E-state index is 12.8. The molecule has 0 spiro atoms. The van der Waals surface area contributed by atoms with E-state index in [1.807, 2.05) is 59.5 Å². The van der Waals surface area contributed by atoms with E-state index in [9.17, 15) is 9.59 Å². The SMILES string of the molecule is O=C(C1CC(=O)N(c2ccccc2)C1)N1CC(c2nc3ccccc3[nH]2)C1. The third-order valence-corrected chi connectivity index (χ3v) is 5.53. The van der Waals surface area contributed by atoms with Crippen molar-refractivity contribution in [1.29, 1.82) is 0 Å². The number of nitrogens with one attached hydrogen (secondary N) is 1. The first kappa shape index (κ1) is 16.1. The standard InChI is InChI=1S/C21H20N4O2/c26-19-10-14(13-25(19)16-6-2-1-3-7-16)21(27)24-11-15(12-24)20-22-17-8-4-5-9-18(17)23-20/h1-9,14-15H,10-13H2,(H,22,23). The molecule has 2 fully saturated rings. The molecular formula is C21H20N4O2. The van der Waals surface area contributed by atoms with Crippen LogP contribution in [0.2, 0.25) is 0 Å². The van der Waals surface area contributed by atoms with Crippen molar-refractivity contribution in [3.63, 3.8) is 0 Å². The number of hydrogen-bond donors (Lipinski definition) is 1. The number of carbonyl (C=O) groups excluding carboxylic acids is 2. The molecule has 6 heteroatoms. The Kier molecular flexibility index (Phi) is 3.70. The zero-order valence-corrected chi connectivity index (χ0v) is 14.8. The first-order valence-corrected chi connectivity index (χ1v) is 9.28. The van der Waals surface area contributed by atoms with E-state index in [0.717, 1.165) is 22.5 Å². The van der Waals surface area contributed by atoms with Crippen LogP contribution in [0.25, 0.3) is 11.0 Å². The van der Waals surface area contributed by atoms with E-state index in [1.54, 1.807) is 4.90 Å². The molecule has 0 bridgehead atoms. The van der Waals surface area contributed by atoms with E-state index in [2.05, 4.69) is 9.97 Å². The number of aromatic amines is 1. The molecule has 136 valence electrons. The molecule has 3 aromatic rings. The molecule has 3 heterocycles. The van der Waals surface area contributed by atoms with Crippen molar-refractivity contribution in [2.45, 2.75) is 12.3 Å². The van der Waals surface area contributed by atoms with Crippen LogP contribution in [0.15, 0.2) is 54.6 Å². The zero-order valence-electron chi connectivity index (χ0n) is 14.8. The number of fused-ring (bicyclic) bond motifs is 1. The Hall–Kier alpha value is -3.15. The molecule has 2 amide bonds. The van der Waals surface area contributed by atoms with Gasteiger partial charge >= 0.3 is 0 Å². The van der Waals surface area contributed by atoms with Crippen LogP contribution < -0.4 is 4.90 Å². The van der Waals surface area contributed by atoms with E-state index in [0.29, 0.717) is 26.1 Å². The highest BCUT2D eigenvalue weighted by Gasteiger charge is 2.41. The summed E-state index contributed by atoms with van der Waals surface area (Å²) in [4.78, 5) is 36.7. The van der Waals surface area contributed by atoms with Crippen molar-refractivity contribution >= 4 is 28.5 Å². The molecule has 0 saturated carbocycles. The molecule has 5 rings (SSSR count). The molecule has 1 N–H and O–H groups in total. The number of amides is 2. The third kappa shape index (κ3) is 2.77. The number of anilines is 1. The summed E-state index contributed by atoms with van der Waals surface area (Å²) in [6.07, 6.45) is 0.291. The Morgan fingerprint density at radius 2 is 1.74 bits per heavy atom. The van der Waals surface area contributed by atoms with Gasteiger partial charge in [-0.3, -0.25) is 9.59 Å². The summed E-state index contributed by atoms with van der Waals surface area (Å²) < 4.78 is 0. The highest BCUT2D eigenvalue weighted by atomic mass is 16.2.